The predicted molar refractivity (Wildman–Crippen MR) is 81.7 cm³/mol. The first kappa shape index (κ1) is 15.5. The number of aliphatic hydroxyl groups excluding tert-OH is 1. The fourth-order valence-corrected chi connectivity index (χ4v) is 3.13. The Bertz CT molecular complexity index is 388. The molecule has 0 atom stereocenters. The van der Waals surface area contributed by atoms with Gasteiger partial charge in [-0.2, -0.15) is 0 Å². The molecule has 1 fully saturated rings. The minimum atomic E-state index is 0.213. The predicted octanol–water partition coefficient (Wildman–Crippen LogP) is 2.46. The van der Waals surface area contributed by atoms with Gasteiger partial charge in [-0.15, -0.1) is 0 Å². The SMILES string of the molecule is CCC1(CO)CCN(CCCCn2ccnc2C)CC1. The van der Waals surface area contributed by atoms with Gasteiger partial charge in [0.25, 0.3) is 0 Å². The number of aryl methyl sites for hydroxylation is 2. The second-order valence-corrected chi connectivity index (χ2v) is 6.23. The smallest absolute Gasteiger partial charge is 0.105 e. The van der Waals surface area contributed by atoms with Crippen molar-refractivity contribution in [3.63, 3.8) is 0 Å². The van der Waals surface area contributed by atoms with E-state index >= 15 is 0 Å². The number of rotatable bonds is 7. The molecule has 0 unspecified atom stereocenters. The van der Waals surface area contributed by atoms with E-state index in [1.165, 1.54) is 19.4 Å². The van der Waals surface area contributed by atoms with Crippen LogP contribution in [0.2, 0.25) is 0 Å². The molecule has 2 heterocycles. The molecule has 1 saturated heterocycles. The van der Waals surface area contributed by atoms with Crippen molar-refractivity contribution >= 4 is 0 Å². The summed E-state index contributed by atoms with van der Waals surface area (Å²) in [5, 5.41) is 9.55. The average molecular weight is 279 g/mol. The Hall–Kier alpha value is -0.870. The minimum Gasteiger partial charge on any atom is -0.396 e. The molecule has 1 aromatic heterocycles. The third kappa shape index (κ3) is 3.83. The van der Waals surface area contributed by atoms with Crippen molar-refractivity contribution in [1.82, 2.24) is 14.5 Å². The van der Waals surface area contributed by atoms with E-state index in [9.17, 15) is 5.11 Å². The van der Waals surface area contributed by atoms with Crippen LogP contribution in [0.1, 0.15) is 44.9 Å². The normalized spacial score (nSPS) is 19.4. The van der Waals surface area contributed by atoms with Gasteiger partial charge in [0.1, 0.15) is 5.82 Å². The van der Waals surface area contributed by atoms with E-state index < -0.39 is 0 Å². The zero-order chi connectivity index (χ0) is 14.4. The topological polar surface area (TPSA) is 41.3 Å². The number of imidazole rings is 1. The number of likely N-dealkylation sites (tertiary alicyclic amines) is 1. The van der Waals surface area contributed by atoms with Crippen LogP contribution in [0, 0.1) is 12.3 Å². The zero-order valence-corrected chi connectivity index (χ0v) is 13.0. The summed E-state index contributed by atoms with van der Waals surface area (Å²) < 4.78 is 2.23. The van der Waals surface area contributed by atoms with E-state index in [2.05, 4.69) is 34.5 Å². The van der Waals surface area contributed by atoms with E-state index in [0.717, 1.165) is 44.7 Å². The summed E-state index contributed by atoms with van der Waals surface area (Å²) in [6.07, 6.45) is 9.81. The standard InChI is InChI=1S/C16H29N3O/c1-3-16(14-20)6-11-18(12-7-16)9-4-5-10-19-13-8-17-15(19)2/h8,13,20H,3-7,9-12,14H2,1-2H3. The Kier molecular flexibility index (Phi) is 5.61. The second-order valence-electron chi connectivity index (χ2n) is 6.23. The molecule has 1 aliphatic rings. The van der Waals surface area contributed by atoms with Gasteiger partial charge in [-0.3, -0.25) is 0 Å². The number of unbranched alkanes of at least 4 members (excludes halogenated alkanes) is 1. The minimum absolute atomic E-state index is 0.213. The summed E-state index contributed by atoms with van der Waals surface area (Å²) in [5.41, 5.74) is 0.213. The second kappa shape index (κ2) is 7.23. The first-order valence-corrected chi connectivity index (χ1v) is 8.00. The number of aromatic nitrogens is 2. The highest BCUT2D eigenvalue weighted by Crippen LogP contribution is 2.34. The summed E-state index contributed by atoms with van der Waals surface area (Å²) >= 11 is 0. The summed E-state index contributed by atoms with van der Waals surface area (Å²) in [4.78, 5) is 6.81. The van der Waals surface area contributed by atoms with E-state index in [0.29, 0.717) is 6.61 Å². The van der Waals surface area contributed by atoms with Gasteiger partial charge >= 0.3 is 0 Å². The molecule has 20 heavy (non-hydrogen) atoms. The molecule has 4 nitrogen and oxygen atoms in total. The third-order valence-electron chi connectivity index (χ3n) is 5.05. The summed E-state index contributed by atoms with van der Waals surface area (Å²) in [5.74, 6) is 1.11. The van der Waals surface area contributed by atoms with Crippen LogP contribution in [0.4, 0.5) is 0 Å². The molecule has 0 amide bonds. The van der Waals surface area contributed by atoms with E-state index in [1.807, 2.05) is 6.20 Å². The average Bonchev–Trinajstić information content (AvgIpc) is 2.90. The summed E-state index contributed by atoms with van der Waals surface area (Å²) in [6, 6.07) is 0. The highest BCUT2D eigenvalue weighted by molar-refractivity contribution is 4.88. The summed E-state index contributed by atoms with van der Waals surface area (Å²) in [7, 11) is 0. The number of aliphatic hydroxyl groups is 1. The van der Waals surface area contributed by atoms with Gasteiger partial charge < -0.3 is 14.6 Å². The van der Waals surface area contributed by atoms with Crippen LogP contribution >= 0.6 is 0 Å². The molecule has 1 aromatic rings. The molecular formula is C16H29N3O. The van der Waals surface area contributed by atoms with Crippen LogP contribution in [0.25, 0.3) is 0 Å². The lowest BCUT2D eigenvalue weighted by Gasteiger charge is -2.40. The van der Waals surface area contributed by atoms with Gasteiger partial charge in [0.05, 0.1) is 0 Å². The number of nitrogens with zero attached hydrogens (tertiary/aromatic N) is 3. The largest absolute Gasteiger partial charge is 0.396 e. The lowest BCUT2D eigenvalue weighted by Crippen LogP contribution is -2.42. The maximum atomic E-state index is 9.55. The third-order valence-corrected chi connectivity index (χ3v) is 5.05. The Balaban J connectivity index is 1.63. The van der Waals surface area contributed by atoms with Gasteiger partial charge in [0, 0.05) is 25.5 Å². The number of hydrogen-bond donors (Lipinski definition) is 1. The van der Waals surface area contributed by atoms with E-state index in [-0.39, 0.29) is 5.41 Å². The molecule has 0 radical (unpaired) electrons. The molecule has 1 aliphatic heterocycles. The highest BCUT2D eigenvalue weighted by Gasteiger charge is 2.31. The van der Waals surface area contributed by atoms with Crippen LogP contribution in [-0.2, 0) is 6.54 Å². The Labute approximate surface area is 122 Å². The van der Waals surface area contributed by atoms with Gasteiger partial charge in [-0.05, 0) is 64.1 Å². The maximum Gasteiger partial charge on any atom is 0.105 e. The van der Waals surface area contributed by atoms with Gasteiger partial charge in [0.15, 0.2) is 0 Å². The summed E-state index contributed by atoms with van der Waals surface area (Å²) in [6.45, 7) is 9.20. The monoisotopic (exact) mass is 279 g/mol. The zero-order valence-electron chi connectivity index (χ0n) is 13.0. The molecule has 0 bridgehead atoms. The Morgan fingerprint density at radius 2 is 1.95 bits per heavy atom. The molecule has 0 aliphatic carbocycles. The Morgan fingerprint density at radius 1 is 1.25 bits per heavy atom. The van der Waals surface area contributed by atoms with Crippen LogP contribution in [0.5, 0.6) is 0 Å². The maximum absolute atomic E-state index is 9.55. The number of piperidine rings is 1. The van der Waals surface area contributed by atoms with E-state index in [1.54, 1.807) is 0 Å². The first-order chi connectivity index (χ1) is 9.69. The van der Waals surface area contributed by atoms with Crippen LogP contribution < -0.4 is 0 Å². The van der Waals surface area contributed by atoms with Crippen molar-refractivity contribution in [2.45, 2.75) is 52.5 Å². The van der Waals surface area contributed by atoms with Gasteiger partial charge in [0.2, 0.25) is 0 Å². The molecule has 0 aromatic carbocycles. The first-order valence-electron chi connectivity index (χ1n) is 8.00. The number of hydrogen-bond acceptors (Lipinski definition) is 3. The molecule has 114 valence electrons. The van der Waals surface area contributed by atoms with Crippen molar-refractivity contribution in [1.29, 1.82) is 0 Å². The van der Waals surface area contributed by atoms with Gasteiger partial charge in [-0.25, -0.2) is 4.98 Å². The molecule has 0 spiro atoms. The fourth-order valence-electron chi connectivity index (χ4n) is 3.13. The Morgan fingerprint density at radius 3 is 2.50 bits per heavy atom. The molecule has 2 rings (SSSR count). The van der Waals surface area contributed by atoms with Crippen molar-refractivity contribution in [3.8, 4) is 0 Å². The van der Waals surface area contributed by atoms with Crippen LogP contribution in [0.15, 0.2) is 12.4 Å². The molecule has 0 saturated carbocycles. The quantitative estimate of drug-likeness (QED) is 0.780. The lowest BCUT2D eigenvalue weighted by molar-refractivity contribution is 0.0404. The van der Waals surface area contributed by atoms with Crippen molar-refractivity contribution in [2.24, 2.45) is 5.41 Å². The highest BCUT2D eigenvalue weighted by atomic mass is 16.3. The van der Waals surface area contributed by atoms with Crippen molar-refractivity contribution in [3.05, 3.63) is 18.2 Å². The van der Waals surface area contributed by atoms with E-state index in [4.69, 9.17) is 0 Å². The van der Waals surface area contributed by atoms with Crippen molar-refractivity contribution < 1.29 is 5.11 Å². The lowest BCUT2D eigenvalue weighted by atomic mass is 9.77. The molecule has 4 heteroatoms. The van der Waals surface area contributed by atoms with Gasteiger partial charge in [-0.1, -0.05) is 6.92 Å². The fraction of sp³-hybridized carbons (Fsp3) is 0.812. The molecular weight excluding hydrogens is 250 g/mol. The van der Waals surface area contributed by atoms with Crippen LogP contribution in [0.3, 0.4) is 0 Å². The molecule has 1 N–H and O–H groups in total. The van der Waals surface area contributed by atoms with Crippen molar-refractivity contribution in [2.75, 3.05) is 26.2 Å². The van der Waals surface area contributed by atoms with Crippen LogP contribution in [-0.4, -0.2) is 45.8 Å².